The van der Waals surface area contributed by atoms with Crippen LogP contribution in [0.2, 0.25) is 0 Å². The molecule has 0 unspecified atom stereocenters. The normalized spacial score (nSPS) is 15.5. The molecule has 0 radical (unpaired) electrons. The van der Waals surface area contributed by atoms with Crippen LogP contribution in [0.3, 0.4) is 0 Å². The molecule has 0 saturated carbocycles. The highest BCUT2D eigenvalue weighted by molar-refractivity contribution is 7.95. The number of hydrogen-bond donors (Lipinski definition) is 1. The summed E-state index contributed by atoms with van der Waals surface area (Å²) < 4.78 is 29.7. The first kappa shape index (κ1) is 12.7. The van der Waals surface area contributed by atoms with Crippen LogP contribution in [-0.2, 0) is 9.84 Å². The molecule has 0 saturated heterocycles. The molecule has 0 aliphatic carbocycles. The Hall–Kier alpha value is -2.27. The summed E-state index contributed by atoms with van der Waals surface area (Å²) in [4.78, 5) is 0.254. The number of sulfone groups is 1. The monoisotopic (exact) mass is 287 g/mol. The molecule has 2 N–H and O–H groups in total. The molecule has 1 aliphatic rings. The molecule has 0 bridgehead atoms. The van der Waals surface area contributed by atoms with Gasteiger partial charge in [0, 0.05) is 22.2 Å². The highest BCUT2D eigenvalue weighted by Crippen LogP contribution is 2.37. The van der Waals surface area contributed by atoms with Crippen molar-refractivity contribution in [1.29, 1.82) is 0 Å². The zero-order valence-corrected chi connectivity index (χ0v) is 11.4. The van der Waals surface area contributed by atoms with E-state index in [2.05, 4.69) is 0 Å². The topological polar surface area (TPSA) is 69.4 Å². The van der Waals surface area contributed by atoms with Gasteiger partial charge in [-0.15, -0.1) is 0 Å². The Kier molecular flexibility index (Phi) is 2.99. The van der Waals surface area contributed by atoms with Gasteiger partial charge in [0.05, 0.1) is 4.90 Å². The first-order valence-electron chi connectivity index (χ1n) is 6.10. The van der Waals surface area contributed by atoms with Gasteiger partial charge in [0.15, 0.2) is 0 Å². The summed E-state index contributed by atoms with van der Waals surface area (Å²) in [6.07, 6.45) is 0. The number of hydrogen-bond acceptors (Lipinski definition) is 4. The van der Waals surface area contributed by atoms with Crippen LogP contribution in [-0.4, -0.2) is 15.0 Å². The number of para-hydroxylation sites is 1. The number of benzene rings is 2. The van der Waals surface area contributed by atoms with Gasteiger partial charge in [0.25, 0.3) is 0 Å². The molecule has 5 heteroatoms. The van der Waals surface area contributed by atoms with E-state index in [1.165, 1.54) is 5.41 Å². The predicted octanol–water partition coefficient (Wildman–Crippen LogP) is 2.48. The molecule has 0 fully saturated rings. The van der Waals surface area contributed by atoms with Crippen molar-refractivity contribution in [3.8, 4) is 5.75 Å². The SMILES string of the molecule is Nc1cccc2c1C(COc1ccccc1)=CS2(=O)=O. The molecule has 0 atom stereocenters. The molecule has 1 aliphatic heterocycles. The van der Waals surface area contributed by atoms with Gasteiger partial charge in [-0.3, -0.25) is 0 Å². The van der Waals surface area contributed by atoms with Gasteiger partial charge in [0.1, 0.15) is 12.4 Å². The fourth-order valence-corrected chi connectivity index (χ4v) is 3.71. The lowest BCUT2D eigenvalue weighted by atomic mass is 10.1. The number of nitrogens with two attached hydrogens (primary N) is 1. The van der Waals surface area contributed by atoms with E-state index < -0.39 is 9.84 Å². The molecule has 1 heterocycles. The van der Waals surface area contributed by atoms with Gasteiger partial charge in [-0.1, -0.05) is 24.3 Å². The average molecular weight is 287 g/mol. The van der Waals surface area contributed by atoms with Crippen molar-refractivity contribution in [1.82, 2.24) is 0 Å². The molecule has 20 heavy (non-hydrogen) atoms. The quantitative estimate of drug-likeness (QED) is 0.880. The number of rotatable bonds is 3. The minimum absolute atomic E-state index is 0.171. The number of fused-ring (bicyclic) bond motifs is 1. The van der Waals surface area contributed by atoms with Crippen molar-refractivity contribution in [2.45, 2.75) is 4.90 Å². The highest BCUT2D eigenvalue weighted by Gasteiger charge is 2.28. The van der Waals surface area contributed by atoms with Crippen molar-refractivity contribution in [2.75, 3.05) is 12.3 Å². The standard InChI is InChI=1S/C15H13NO3S/c16-13-7-4-8-14-15(13)11(10-20(14,17)18)9-19-12-5-2-1-3-6-12/h1-8,10H,9,16H2. The first-order chi connectivity index (χ1) is 9.58. The largest absolute Gasteiger partial charge is 0.489 e. The minimum Gasteiger partial charge on any atom is -0.489 e. The maximum atomic E-state index is 12.0. The van der Waals surface area contributed by atoms with E-state index in [4.69, 9.17) is 10.5 Å². The summed E-state index contributed by atoms with van der Waals surface area (Å²) in [6, 6.07) is 14.1. The summed E-state index contributed by atoms with van der Waals surface area (Å²) in [7, 11) is -3.40. The molecule has 2 aromatic rings. The van der Waals surface area contributed by atoms with E-state index in [1.807, 2.05) is 30.3 Å². The highest BCUT2D eigenvalue weighted by atomic mass is 32.2. The fraction of sp³-hybridized carbons (Fsp3) is 0.0667. The first-order valence-corrected chi connectivity index (χ1v) is 7.65. The lowest BCUT2D eigenvalue weighted by Crippen LogP contribution is -2.02. The van der Waals surface area contributed by atoms with Crippen LogP contribution < -0.4 is 10.5 Å². The maximum Gasteiger partial charge on any atom is 0.200 e. The van der Waals surface area contributed by atoms with E-state index in [1.54, 1.807) is 18.2 Å². The van der Waals surface area contributed by atoms with Crippen LogP contribution in [0.15, 0.2) is 58.8 Å². The van der Waals surface area contributed by atoms with Gasteiger partial charge in [-0.2, -0.15) is 0 Å². The fourth-order valence-electron chi connectivity index (χ4n) is 2.22. The molecular formula is C15H13NO3S. The summed E-state index contributed by atoms with van der Waals surface area (Å²) in [5.41, 5.74) is 7.49. The third-order valence-corrected chi connectivity index (χ3v) is 4.67. The van der Waals surface area contributed by atoms with Gasteiger partial charge in [-0.25, -0.2) is 8.42 Å². The number of nitrogen functional groups attached to an aromatic ring is 1. The van der Waals surface area contributed by atoms with Crippen molar-refractivity contribution in [3.05, 3.63) is 59.5 Å². The van der Waals surface area contributed by atoms with Gasteiger partial charge in [0.2, 0.25) is 9.84 Å². The average Bonchev–Trinajstić information content (AvgIpc) is 2.71. The lowest BCUT2D eigenvalue weighted by molar-refractivity contribution is 0.370. The number of anilines is 1. The van der Waals surface area contributed by atoms with Gasteiger partial charge < -0.3 is 10.5 Å². The molecule has 3 rings (SSSR count). The minimum atomic E-state index is -3.40. The van der Waals surface area contributed by atoms with Crippen molar-refractivity contribution in [3.63, 3.8) is 0 Å². The smallest absolute Gasteiger partial charge is 0.200 e. The third-order valence-electron chi connectivity index (χ3n) is 3.12. The molecular weight excluding hydrogens is 274 g/mol. The molecule has 0 aromatic heterocycles. The second-order valence-corrected chi connectivity index (χ2v) is 6.28. The van der Waals surface area contributed by atoms with Crippen molar-refractivity contribution < 1.29 is 13.2 Å². The van der Waals surface area contributed by atoms with Crippen molar-refractivity contribution >= 4 is 21.1 Å². The Morgan fingerprint density at radius 3 is 2.50 bits per heavy atom. The Labute approximate surface area is 117 Å². The van der Waals surface area contributed by atoms with E-state index in [-0.39, 0.29) is 11.5 Å². The summed E-state index contributed by atoms with van der Waals surface area (Å²) in [6.45, 7) is 0.171. The van der Waals surface area contributed by atoms with Gasteiger partial charge in [-0.05, 0) is 24.3 Å². The van der Waals surface area contributed by atoms with Crippen molar-refractivity contribution in [2.24, 2.45) is 0 Å². The molecule has 0 spiro atoms. The zero-order chi connectivity index (χ0) is 14.2. The van der Waals surface area contributed by atoms with Crippen LogP contribution in [0.5, 0.6) is 5.75 Å². The van der Waals surface area contributed by atoms with Crippen LogP contribution in [0.4, 0.5) is 5.69 Å². The van der Waals surface area contributed by atoms with E-state index in [9.17, 15) is 8.42 Å². The predicted molar refractivity (Wildman–Crippen MR) is 78.0 cm³/mol. The van der Waals surface area contributed by atoms with Crippen LogP contribution in [0.1, 0.15) is 5.56 Å². The summed E-state index contributed by atoms with van der Waals surface area (Å²) >= 11 is 0. The second kappa shape index (κ2) is 4.68. The lowest BCUT2D eigenvalue weighted by Gasteiger charge is -2.09. The Morgan fingerprint density at radius 1 is 1.00 bits per heavy atom. The third kappa shape index (κ3) is 2.16. The summed E-state index contributed by atoms with van der Waals surface area (Å²) in [5, 5.41) is 1.23. The second-order valence-electron chi connectivity index (χ2n) is 4.51. The van der Waals surface area contributed by atoms with Crippen LogP contribution in [0, 0.1) is 0 Å². The Balaban J connectivity index is 1.93. The molecule has 2 aromatic carbocycles. The Bertz CT molecular complexity index is 780. The molecule has 0 amide bonds. The van der Waals surface area contributed by atoms with E-state index >= 15 is 0 Å². The Morgan fingerprint density at radius 2 is 1.75 bits per heavy atom. The van der Waals surface area contributed by atoms with Gasteiger partial charge >= 0.3 is 0 Å². The van der Waals surface area contributed by atoms with E-state index in [0.29, 0.717) is 22.6 Å². The summed E-state index contributed by atoms with van der Waals surface area (Å²) in [5.74, 6) is 0.689. The maximum absolute atomic E-state index is 12.0. The number of ether oxygens (including phenoxy) is 1. The van der Waals surface area contributed by atoms with E-state index in [0.717, 1.165) is 0 Å². The molecule has 102 valence electrons. The van der Waals surface area contributed by atoms with Crippen LogP contribution >= 0.6 is 0 Å². The van der Waals surface area contributed by atoms with Crippen LogP contribution in [0.25, 0.3) is 5.57 Å². The molecule has 4 nitrogen and oxygen atoms in total. The zero-order valence-electron chi connectivity index (χ0n) is 10.6.